The number of aliphatic carboxylic acids is 1. The molecule has 0 rings (SSSR count). The Bertz CT molecular complexity index is 268. The smallest absolute Gasteiger partial charge is 0.406 e. The summed E-state index contributed by atoms with van der Waals surface area (Å²) in [5.41, 5.74) is 0. The summed E-state index contributed by atoms with van der Waals surface area (Å²) in [7, 11) is 0. The zero-order valence-corrected chi connectivity index (χ0v) is 8.84. The molecule has 0 saturated heterocycles. The third kappa shape index (κ3) is 5.42. The van der Waals surface area contributed by atoms with Gasteiger partial charge < -0.3 is 15.3 Å². The summed E-state index contributed by atoms with van der Waals surface area (Å²) in [6.07, 6.45) is -4.50. The molecule has 0 radical (unpaired) electrons. The first-order valence-electron chi connectivity index (χ1n) is 4.52. The number of nitrogens with one attached hydrogen (secondary N) is 1. The number of carboxylic acid groups (broad SMARTS) is 1. The minimum absolute atomic E-state index is 0.155. The summed E-state index contributed by atoms with van der Waals surface area (Å²) in [5, 5.41) is 10.4. The number of amides is 2. The second-order valence-corrected chi connectivity index (χ2v) is 3.14. The van der Waals surface area contributed by atoms with Gasteiger partial charge in [0.25, 0.3) is 0 Å². The monoisotopic (exact) mass is 242 g/mol. The highest BCUT2D eigenvalue weighted by Crippen LogP contribution is 2.16. The Hall–Kier alpha value is -1.47. The molecule has 16 heavy (non-hydrogen) atoms. The van der Waals surface area contributed by atoms with E-state index in [0.29, 0.717) is 4.90 Å². The van der Waals surface area contributed by atoms with Crippen molar-refractivity contribution in [2.75, 3.05) is 13.1 Å². The second-order valence-electron chi connectivity index (χ2n) is 3.14. The van der Waals surface area contributed by atoms with E-state index in [9.17, 15) is 22.8 Å². The number of carboxylic acids is 1. The van der Waals surface area contributed by atoms with Crippen molar-refractivity contribution in [1.82, 2.24) is 10.2 Å². The molecule has 94 valence electrons. The molecular weight excluding hydrogens is 229 g/mol. The molecule has 0 aliphatic carbocycles. The van der Waals surface area contributed by atoms with Crippen molar-refractivity contribution in [3.63, 3.8) is 0 Å². The molecule has 0 saturated carbocycles. The topological polar surface area (TPSA) is 69.6 Å². The zero-order chi connectivity index (χ0) is 12.9. The number of urea groups is 1. The van der Waals surface area contributed by atoms with Gasteiger partial charge >= 0.3 is 18.2 Å². The lowest BCUT2D eigenvalue weighted by Crippen LogP contribution is -2.49. The van der Waals surface area contributed by atoms with Crippen LogP contribution in [0.1, 0.15) is 13.8 Å². The number of nitrogens with zero attached hydrogens (tertiary/aromatic N) is 1. The van der Waals surface area contributed by atoms with Crippen molar-refractivity contribution in [3.05, 3.63) is 0 Å². The Morgan fingerprint density at radius 2 is 1.94 bits per heavy atom. The largest absolute Gasteiger partial charge is 0.480 e. The Morgan fingerprint density at radius 3 is 2.25 bits per heavy atom. The van der Waals surface area contributed by atoms with E-state index in [0.717, 1.165) is 0 Å². The molecule has 0 spiro atoms. The van der Waals surface area contributed by atoms with Gasteiger partial charge in [-0.1, -0.05) is 0 Å². The minimum atomic E-state index is -4.50. The van der Waals surface area contributed by atoms with Crippen LogP contribution in [-0.4, -0.2) is 47.3 Å². The van der Waals surface area contributed by atoms with Gasteiger partial charge in [-0.15, -0.1) is 0 Å². The van der Waals surface area contributed by atoms with Gasteiger partial charge in [0.05, 0.1) is 0 Å². The Balaban J connectivity index is 4.38. The number of alkyl halides is 3. The number of hydrogen-bond donors (Lipinski definition) is 2. The average Bonchev–Trinajstić information content (AvgIpc) is 2.12. The number of halogens is 3. The van der Waals surface area contributed by atoms with E-state index < -0.39 is 30.8 Å². The first-order chi connectivity index (χ1) is 7.17. The number of hydrogen-bond acceptors (Lipinski definition) is 2. The van der Waals surface area contributed by atoms with E-state index in [-0.39, 0.29) is 6.54 Å². The highest BCUT2D eigenvalue weighted by molar-refractivity contribution is 5.82. The van der Waals surface area contributed by atoms with Crippen LogP contribution in [0.4, 0.5) is 18.0 Å². The maximum Gasteiger partial charge on any atom is 0.406 e. The first-order valence-corrected chi connectivity index (χ1v) is 4.52. The molecule has 1 atom stereocenters. The normalized spacial score (nSPS) is 13.1. The predicted molar refractivity (Wildman–Crippen MR) is 48.9 cm³/mol. The van der Waals surface area contributed by atoms with Gasteiger partial charge in [0.2, 0.25) is 0 Å². The Morgan fingerprint density at radius 1 is 1.44 bits per heavy atom. The number of carbonyl (C=O) groups excluding carboxylic acids is 1. The molecule has 0 aliphatic rings. The van der Waals surface area contributed by atoms with E-state index in [2.05, 4.69) is 0 Å². The second kappa shape index (κ2) is 5.57. The van der Waals surface area contributed by atoms with E-state index in [1.807, 2.05) is 5.32 Å². The van der Waals surface area contributed by atoms with E-state index in [1.165, 1.54) is 13.8 Å². The predicted octanol–water partition coefficient (Wildman–Crippen LogP) is 1.05. The summed E-state index contributed by atoms with van der Waals surface area (Å²) in [6, 6.07) is -2.27. The van der Waals surface area contributed by atoms with Gasteiger partial charge in [-0.3, -0.25) is 4.79 Å². The van der Waals surface area contributed by atoms with Gasteiger partial charge in [-0.25, -0.2) is 4.79 Å². The van der Waals surface area contributed by atoms with Gasteiger partial charge in [0.1, 0.15) is 12.6 Å². The molecule has 0 aromatic carbocycles. The van der Waals surface area contributed by atoms with E-state index in [1.54, 1.807) is 0 Å². The lowest BCUT2D eigenvalue weighted by Gasteiger charge is -2.23. The molecule has 8 heteroatoms. The molecule has 5 nitrogen and oxygen atoms in total. The third-order valence-electron chi connectivity index (χ3n) is 1.75. The van der Waals surface area contributed by atoms with Crippen molar-refractivity contribution in [2.24, 2.45) is 0 Å². The summed E-state index contributed by atoms with van der Waals surface area (Å²) in [6.45, 7) is 0.984. The number of rotatable bonds is 4. The number of carbonyl (C=O) groups is 2. The SMILES string of the molecule is CCN(CC(F)(F)F)C(=O)N[C@H](C)C(=O)O. The molecule has 0 aromatic heterocycles. The maximum atomic E-state index is 12.0. The van der Waals surface area contributed by atoms with Crippen LogP contribution in [0.25, 0.3) is 0 Å². The van der Waals surface area contributed by atoms with E-state index in [4.69, 9.17) is 5.11 Å². The van der Waals surface area contributed by atoms with Crippen molar-refractivity contribution in [2.45, 2.75) is 26.1 Å². The molecule has 0 aliphatic heterocycles. The first kappa shape index (κ1) is 14.5. The molecular formula is C8H13F3N2O3. The quantitative estimate of drug-likeness (QED) is 0.774. The van der Waals surface area contributed by atoms with Gasteiger partial charge in [0, 0.05) is 6.54 Å². The Labute approximate surface area is 90.2 Å². The molecule has 0 aromatic rings. The van der Waals surface area contributed by atoms with Crippen molar-refractivity contribution in [3.8, 4) is 0 Å². The van der Waals surface area contributed by atoms with E-state index >= 15 is 0 Å². The fourth-order valence-corrected chi connectivity index (χ4v) is 0.882. The van der Waals surface area contributed by atoms with Crippen LogP contribution in [0, 0.1) is 0 Å². The molecule has 2 N–H and O–H groups in total. The lowest BCUT2D eigenvalue weighted by molar-refractivity contribution is -0.140. The molecule has 0 heterocycles. The molecule has 0 unspecified atom stereocenters. The highest BCUT2D eigenvalue weighted by atomic mass is 19.4. The molecule has 0 bridgehead atoms. The fraction of sp³-hybridized carbons (Fsp3) is 0.750. The zero-order valence-electron chi connectivity index (χ0n) is 8.84. The van der Waals surface area contributed by atoms with Crippen LogP contribution >= 0.6 is 0 Å². The lowest BCUT2D eigenvalue weighted by atomic mass is 10.3. The Kier molecular flexibility index (Phi) is 5.06. The van der Waals surface area contributed by atoms with Crippen molar-refractivity contribution < 1.29 is 27.9 Å². The summed E-state index contributed by atoms with van der Waals surface area (Å²) >= 11 is 0. The summed E-state index contributed by atoms with van der Waals surface area (Å²) in [5.74, 6) is -1.31. The van der Waals surface area contributed by atoms with Crippen molar-refractivity contribution in [1.29, 1.82) is 0 Å². The van der Waals surface area contributed by atoms with Crippen LogP contribution < -0.4 is 5.32 Å². The van der Waals surface area contributed by atoms with Gasteiger partial charge in [-0.05, 0) is 13.8 Å². The third-order valence-corrected chi connectivity index (χ3v) is 1.75. The summed E-state index contributed by atoms with van der Waals surface area (Å²) in [4.78, 5) is 22.1. The standard InChI is InChI=1S/C8H13F3N2O3/c1-3-13(4-8(9,10)11)7(16)12-5(2)6(14)15/h5H,3-4H2,1-2H3,(H,12,16)(H,14,15)/t5-/m1/s1. The van der Waals surface area contributed by atoms with Crippen LogP contribution in [0.2, 0.25) is 0 Å². The fourth-order valence-electron chi connectivity index (χ4n) is 0.882. The highest BCUT2D eigenvalue weighted by Gasteiger charge is 2.32. The maximum absolute atomic E-state index is 12.0. The van der Waals surface area contributed by atoms with Crippen LogP contribution in [0.3, 0.4) is 0 Å². The minimum Gasteiger partial charge on any atom is -0.480 e. The van der Waals surface area contributed by atoms with Crippen LogP contribution in [-0.2, 0) is 4.79 Å². The van der Waals surface area contributed by atoms with Crippen LogP contribution in [0.5, 0.6) is 0 Å². The van der Waals surface area contributed by atoms with Gasteiger partial charge in [-0.2, -0.15) is 13.2 Å². The van der Waals surface area contributed by atoms with Gasteiger partial charge in [0.15, 0.2) is 0 Å². The van der Waals surface area contributed by atoms with Crippen molar-refractivity contribution >= 4 is 12.0 Å². The average molecular weight is 242 g/mol. The molecule has 0 fully saturated rings. The molecule has 2 amide bonds. The van der Waals surface area contributed by atoms with Crippen LogP contribution in [0.15, 0.2) is 0 Å². The summed E-state index contributed by atoms with van der Waals surface area (Å²) < 4.78 is 36.0.